The lowest BCUT2D eigenvalue weighted by atomic mass is 10.2. The highest BCUT2D eigenvalue weighted by Gasteiger charge is 2.22. The second kappa shape index (κ2) is 5.88. The molecular formula is C15H17N3O2. The molecule has 1 fully saturated rings. The van der Waals surface area contributed by atoms with Crippen molar-refractivity contribution in [1.82, 2.24) is 15.0 Å². The van der Waals surface area contributed by atoms with E-state index in [1.807, 2.05) is 11.0 Å². The highest BCUT2D eigenvalue weighted by atomic mass is 16.5. The van der Waals surface area contributed by atoms with Crippen molar-refractivity contribution in [3.63, 3.8) is 0 Å². The third kappa shape index (κ3) is 2.88. The van der Waals surface area contributed by atoms with Crippen LogP contribution < -0.4 is 0 Å². The summed E-state index contributed by atoms with van der Waals surface area (Å²) in [7, 11) is 0. The van der Waals surface area contributed by atoms with E-state index in [2.05, 4.69) is 34.3 Å². The number of carbonyl (C=O) groups is 1. The second-order valence-corrected chi connectivity index (χ2v) is 4.97. The van der Waals surface area contributed by atoms with Gasteiger partial charge in [-0.15, -0.1) is 0 Å². The van der Waals surface area contributed by atoms with E-state index in [-0.39, 0.29) is 5.91 Å². The average Bonchev–Trinajstić information content (AvgIpc) is 3.03. The van der Waals surface area contributed by atoms with Crippen LogP contribution in [0.2, 0.25) is 0 Å². The highest BCUT2D eigenvalue weighted by Crippen LogP contribution is 2.11. The first kappa shape index (κ1) is 12.9. The molecule has 0 spiro atoms. The lowest BCUT2D eigenvalue weighted by Gasteiger charge is -2.34. The molecule has 0 unspecified atom stereocenters. The number of nitrogens with zero attached hydrogens (tertiary/aromatic N) is 3. The smallest absolute Gasteiger partial charge is 0.258 e. The Morgan fingerprint density at radius 3 is 2.55 bits per heavy atom. The Hall–Kier alpha value is -2.14. The fraction of sp³-hybridized carbons (Fsp3) is 0.333. The summed E-state index contributed by atoms with van der Waals surface area (Å²) in [5.74, 6) is 0.00520. The number of piperazine rings is 1. The number of rotatable bonds is 3. The van der Waals surface area contributed by atoms with Crippen LogP contribution in [0.3, 0.4) is 0 Å². The molecule has 0 atom stereocenters. The van der Waals surface area contributed by atoms with Gasteiger partial charge in [-0.3, -0.25) is 9.69 Å². The molecule has 20 heavy (non-hydrogen) atoms. The van der Waals surface area contributed by atoms with Crippen molar-refractivity contribution in [2.24, 2.45) is 0 Å². The summed E-state index contributed by atoms with van der Waals surface area (Å²) in [6.07, 6.45) is 2.87. The first-order valence-corrected chi connectivity index (χ1v) is 6.78. The van der Waals surface area contributed by atoms with Crippen LogP contribution in [0.1, 0.15) is 15.9 Å². The van der Waals surface area contributed by atoms with E-state index in [4.69, 9.17) is 4.52 Å². The number of carbonyl (C=O) groups excluding carboxylic acids is 1. The number of amides is 1. The van der Waals surface area contributed by atoms with Gasteiger partial charge in [0.15, 0.2) is 0 Å². The zero-order valence-corrected chi connectivity index (χ0v) is 11.2. The van der Waals surface area contributed by atoms with Crippen molar-refractivity contribution < 1.29 is 9.32 Å². The standard InChI is InChI=1S/C15H17N3O2/c19-15(14-10-16-20-12-14)18-8-6-17(7-9-18)11-13-4-2-1-3-5-13/h1-5,10,12H,6-9,11H2. The minimum absolute atomic E-state index is 0.00520. The molecule has 1 saturated heterocycles. The Labute approximate surface area is 117 Å². The fourth-order valence-electron chi connectivity index (χ4n) is 2.44. The molecule has 5 heteroatoms. The van der Waals surface area contributed by atoms with Gasteiger partial charge in [0, 0.05) is 32.7 Å². The Morgan fingerprint density at radius 2 is 1.90 bits per heavy atom. The first-order valence-electron chi connectivity index (χ1n) is 6.78. The van der Waals surface area contributed by atoms with E-state index in [9.17, 15) is 4.79 Å². The summed E-state index contributed by atoms with van der Waals surface area (Å²) in [6, 6.07) is 10.4. The summed E-state index contributed by atoms with van der Waals surface area (Å²) >= 11 is 0. The quantitative estimate of drug-likeness (QED) is 0.851. The normalized spacial score (nSPS) is 16.3. The third-order valence-electron chi connectivity index (χ3n) is 3.59. The molecular weight excluding hydrogens is 254 g/mol. The van der Waals surface area contributed by atoms with E-state index in [1.54, 1.807) is 0 Å². The third-order valence-corrected chi connectivity index (χ3v) is 3.59. The summed E-state index contributed by atoms with van der Waals surface area (Å²) in [6.45, 7) is 4.22. The maximum atomic E-state index is 12.1. The monoisotopic (exact) mass is 271 g/mol. The van der Waals surface area contributed by atoms with Gasteiger partial charge in [0.2, 0.25) is 0 Å². The number of benzene rings is 1. The van der Waals surface area contributed by atoms with E-state index < -0.39 is 0 Å². The molecule has 1 aromatic heterocycles. The summed E-state index contributed by atoms with van der Waals surface area (Å²) in [5, 5.41) is 3.58. The van der Waals surface area contributed by atoms with Crippen LogP contribution in [0.5, 0.6) is 0 Å². The SMILES string of the molecule is O=C(c1cnoc1)N1CCN(Cc2ccccc2)CC1. The van der Waals surface area contributed by atoms with Gasteiger partial charge in [0.1, 0.15) is 6.26 Å². The Kier molecular flexibility index (Phi) is 3.78. The number of aromatic nitrogens is 1. The van der Waals surface area contributed by atoms with Crippen molar-refractivity contribution in [3.8, 4) is 0 Å². The van der Waals surface area contributed by atoms with Gasteiger partial charge in [-0.1, -0.05) is 35.5 Å². The molecule has 2 aromatic rings. The van der Waals surface area contributed by atoms with E-state index in [1.165, 1.54) is 18.0 Å². The van der Waals surface area contributed by atoms with E-state index >= 15 is 0 Å². The highest BCUT2D eigenvalue weighted by molar-refractivity contribution is 5.93. The first-order chi connectivity index (χ1) is 9.83. The van der Waals surface area contributed by atoms with Crippen molar-refractivity contribution in [1.29, 1.82) is 0 Å². The predicted octanol–water partition coefficient (Wildman–Crippen LogP) is 1.63. The second-order valence-electron chi connectivity index (χ2n) is 4.97. The van der Waals surface area contributed by atoms with Gasteiger partial charge in [0.05, 0.1) is 11.8 Å². The van der Waals surface area contributed by atoms with E-state index in [0.717, 1.165) is 32.7 Å². The topological polar surface area (TPSA) is 49.6 Å². The van der Waals surface area contributed by atoms with Gasteiger partial charge in [0.25, 0.3) is 5.91 Å². The van der Waals surface area contributed by atoms with Crippen molar-refractivity contribution in [2.75, 3.05) is 26.2 Å². The van der Waals surface area contributed by atoms with Gasteiger partial charge in [-0.05, 0) is 5.56 Å². The average molecular weight is 271 g/mol. The fourth-order valence-corrected chi connectivity index (χ4v) is 2.44. The molecule has 0 aliphatic carbocycles. The molecule has 2 heterocycles. The Balaban J connectivity index is 1.53. The lowest BCUT2D eigenvalue weighted by Crippen LogP contribution is -2.48. The summed E-state index contributed by atoms with van der Waals surface area (Å²) in [5.41, 5.74) is 1.84. The van der Waals surface area contributed by atoms with Gasteiger partial charge in [-0.25, -0.2) is 0 Å². The molecule has 3 rings (SSSR count). The zero-order chi connectivity index (χ0) is 13.8. The molecule has 5 nitrogen and oxygen atoms in total. The number of hydrogen-bond donors (Lipinski definition) is 0. The molecule has 1 amide bonds. The lowest BCUT2D eigenvalue weighted by molar-refractivity contribution is 0.0628. The largest absolute Gasteiger partial charge is 0.364 e. The van der Waals surface area contributed by atoms with Crippen molar-refractivity contribution in [2.45, 2.75) is 6.54 Å². The molecule has 0 radical (unpaired) electrons. The molecule has 0 bridgehead atoms. The molecule has 1 aliphatic rings. The number of hydrogen-bond acceptors (Lipinski definition) is 4. The summed E-state index contributed by atoms with van der Waals surface area (Å²) in [4.78, 5) is 16.4. The minimum Gasteiger partial charge on any atom is -0.364 e. The molecule has 104 valence electrons. The Bertz CT molecular complexity index is 546. The summed E-state index contributed by atoms with van der Waals surface area (Å²) < 4.78 is 4.72. The van der Waals surface area contributed by atoms with Crippen LogP contribution in [-0.2, 0) is 6.54 Å². The van der Waals surface area contributed by atoms with Crippen LogP contribution in [0.15, 0.2) is 47.3 Å². The van der Waals surface area contributed by atoms with Crippen LogP contribution in [-0.4, -0.2) is 47.0 Å². The zero-order valence-electron chi connectivity index (χ0n) is 11.2. The van der Waals surface area contributed by atoms with Gasteiger partial charge in [-0.2, -0.15) is 0 Å². The van der Waals surface area contributed by atoms with Crippen LogP contribution in [0.25, 0.3) is 0 Å². The molecule has 0 N–H and O–H groups in total. The van der Waals surface area contributed by atoms with Crippen LogP contribution in [0.4, 0.5) is 0 Å². The molecule has 1 aliphatic heterocycles. The molecule has 0 saturated carbocycles. The van der Waals surface area contributed by atoms with Gasteiger partial charge >= 0.3 is 0 Å². The predicted molar refractivity (Wildman–Crippen MR) is 74.1 cm³/mol. The van der Waals surface area contributed by atoms with Crippen LogP contribution in [0, 0.1) is 0 Å². The maximum absolute atomic E-state index is 12.1. The van der Waals surface area contributed by atoms with Crippen molar-refractivity contribution in [3.05, 3.63) is 53.9 Å². The van der Waals surface area contributed by atoms with Crippen molar-refractivity contribution >= 4 is 5.91 Å². The minimum atomic E-state index is 0.00520. The Morgan fingerprint density at radius 1 is 1.15 bits per heavy atom. The maximum Gasteiger partial charge on any atom is 0.258 e. The molecule has 1 aromatic carbocycles. The van der Waals surface area contributed by atoms with E-state index in [0.29, 0.717) is 5.56 Å². The van der Waals surface area contributed by atoms with Gasteiger partial charge < -0.3 is 9.42 Å². The van der Waals surface area contributed by atoms with Crippen LogP contribution >= 0.6 is 0 Å².